The number of fused-ring (bicyclic) bond motifs is 1. The Labute approximate surface area is 117 Å². The van der Waals surface area contributed by atoms with E-state index in [1.165, 1.54) is 17.4 Å². The third-order valence-corrected chi connectivity index (χ3v) is 3.46. The molecule has 5 nitrogen and oxygen atoms in total. The highest BCUT2D eigenvalue weighted by atomic mass is 15.1. The standard InChI is InChI=1S/C15H15N5/c16-9-14-15(18-8-7-17-14)19-10-12-6-5-11-3-1-2-4-13(11)20-12/h1-4,7-8,12,20H,5-6,10H2,(H,18,19)/t12-/m1/s1. The molecule has 2 heterocycles. The van der Waals surface area contributed by atoms with Crippen LogP contribution in [0.15, 0.2) is 36.7 Å². The lowest BCUT2D eigenvalue weighted by atomic mass is 9.98. The molecule has 0 saturated heterocycles. The quantitative estimate of drug-likeness (QED) is 0.890. The van der Waals surface area contributed by atoms with Crippen molar-refractivity contribution in [3.8, 4) is 6.07 Å². The van der Waals surface area contributed by atoms with Gasteiger partial charge in [-0.1, -0.05) is 18.2 Å². The fraction of sp³-hybridized carbons (Fsp3) is 0.267. The van der Waals surface area contributed by atoms with Crippen molar-refractivity contribution in [3.05, 3.63) is 47.9 Å². The Morgan fingerprint density at radius 3 is 3.05 bits per heavy atom. The maximum absolute atomic E-state index is 8.98. The Balaban J connectivity index is 1.65. The zero-order valence-corrected chi connectivity index (χ0v) is 11.0. The number of hydrogen-bond donors (Lipinski definition) is 2. The second-order valence-electron chi connectivity index (χ2n) is 4.78. The minimum atomic E-state index is 0.332. The van der Waals surface area contributed by atoms with Crippen molar-refractivity contribution in [2.75, 3.05) is 17.2 Å². The summed E-state index contributed by atoms with van der Waals surface area (Å²) >= 11 is 0. The summed E-state index contributed by atoms with van der Waals surface area (Å²) in [6.45, 7) is 0.724. The topological polar surface area (TPSA) is 73.6 Å². The minimum absolute atomic E-state index is 0.332. The van der Waals surface area contributed by atoms with E-state index in [9.17, 15) is 0 Å². The molecule has 2 aromatic rings. The highest BCUT2D eigenvalue weighted by Gasteiger charge is 2.17. The maximum atomic E-state index is 8.98. The second kappa shape index (κ2) is 5.57. The molecule has 3 rings (SSSR count). The Kier molecular flexibility index (Phi) is 3.46. The molecule has 2 N–H and O–H groups in total. The molecule has 100 valence electrons. The predicted octanol–water partition coefficient (Wildman–Crippen LogP) is 2.19. The predicted molar refractivity (Wildman–Crippen MR) is 77.4 cm³/mol. The van der Waals surface area contributed by atoms with E-state index in [0.29, 0.717) is 17.6 Å². The van der Waals surface area contributed by atoms with Gasteiger partial charge in [-0.2, -0.15) is 5.26 Å². The van der Waals surface area contributed by atoms with Crippen LogP contribution in [0.3, 0.4) is 0 Å². The summed E-state index contributed by atoms with van der Waals surface area (Å²) in [5.41, 5.74) is 2.90. The van der Waals surface area contributed by atoms with Crippen molar-refractivity contribution in [2.45, 2.75) is 18.9 Å². The first kappa shape index (κ1) is 12.4. The number of aryl methyl sites for hydroxylation is 1. The molecular weight excluding hydrogens is 250 g/mol. The molecule has 0 saturated carbocycles. The zero-order valence-electron chi connectivity index (χ0n) is 11.0. The first-order valence-corrected chi connectivity index (χ1v) is 6.66. The summed E-state index contributed by atoms with van der Waals surface area (Å²) in [6, 6.07) is 10.7. The van der Waals surface area contributed by atoms with Crippen LogP contribution in [0, 0.1) is 11.3 Å². The fourth-order valence-electron chi connectivity index (χ4n) is 2.42. The molecule has 0 fully saturated rings. The molecule has 0 radical (unpaired) electrons. The average Bonchev–Trinajstić information content (AvgIpc) is 2.53. The van der Waals surface area contributed by atoms with Gasteiger partial charge in [0.25, 0.3) is 0 Å². The molecule has 20 heavy (non-hydrogen) atoms. The van der Waals surface area contributed by atoms with Crippen LogP contribution in [0.5, 0.6) is 0 Å². The van der Waals surface area contributed by atoms with Crippen LogP contribution >= 0.6 is 0 Å². The summed E-state index contributed by atoms with van der Waals surface area (Å²) in [6.07, 6.45) is 5.25. The van der Waals surface area contributed by atoms with Crippen molar-refractivity contribution < 1.29 is 0 Å². The van der Waals surface area contributed by atoms with E-state index in [-0.39, 0.29) is 0 Å². The van der Waals surface area contributed by atoms with Gasteiger partial charge in [0.15, 0.2) is 11.5 Å². The van der Waals surface area contributed by atoms with Crippen molar-refractivity contribution in [1.82, 2.24) is 9.97 Å². The zero-order chi connectivity index (χ0) is 13.8. The highest BCUT2D eigenvalue weighted by molar-refractivity contribution is 5.54. The Bertz CT molecular complexity index is 647. The maximum Gasteiger partial charge on any atom is 0.182 e. The summed E-state index contributed by atoms with van der Waals surface area (Å²) in [7, 11) is 0. The molecular formula is C15H15N5. The number of hydrogen-bond acceptors (Lipinski definition) is 5. The average molecular weight is 265 g/mol. The lowest BCUT2D eigenvalue weighted by Crippen LogP contribution is -2.32. The minimum Gasteiger partial charge on any atom is -0.380 e. The molecule has 1 aromatic carbocycles. The van der Waals surface area contributed by atoms with E-state index in [1.807, 2.05) is 12.1 Å². The smallest absolute Gasteiger partial charge is 0.182 e. The van der Waals surface area contributed by atoms with Crippen LogP contribution in [0.2, 0.25) is 0 Å². The molecule has 0 aliphatic carbocycles. The first-order valence-electron chi connectivity index (χ1n) is 6.66. The van der Waals surface area contributed by atoms with Gasteiger partial charge in [-0.25, -0.2) is 9.97 Å². The summed E-state index contributed by atoms with van der Waals surface area (Å²) in [5, 5.41) is 15.7. The third-order valence-electron chi connectivity index (χ3n) is 3.46. The van der Waals surface area contributed by atoms with E-state index in [2.05, 4.69) is 38.8 Å². The van der Waals surface area contributed by atoms with Crippen molar-refractivity contribution in [3.63, 3.8) is 0 Å². The van der Waals surface area contributed by atoms with Gasteiger partial charge in [0.1, 0.15) is 6.07 Å². The molecule has 1 aliphatic heterocycles. The summed E-state index contributed by atoms with van der Waals surface area (Å²) in [4.78, 5) is 8.14. The molecule has 1 aliphatic rings. The van der Waals surface area contributed by atoms with Crippen LogP contribution < -0.4 is 10.6 Å². The largest absolute Gasteiger partial charge is 0.380 e. The van der Waals surface area contributed by atoms with E-state index < -0.39 is 0 Å². The summed E-state index contributed by atoms with van der Waals surface area (Å²) in [5.74, 6) is 0.552. The molecule has 0 unspecified atom stereocenters. The van der Waals surface area contributed by atoms with Gasteiger partial charge in [-0.05, 0) is 24.5 Å². The van der Waals surface area contributed by atoms with Crippen LogP contribution in [0.4, 0.5) is 11.5 Å². The monoisotopic (exact) mass is 265 g/mol. The Hall–Kier alpha value is -2.61. The number of nitriles is 1. The van der Waals surface area contributed by atoms with Gasteiger partial charge in [0.2, 0.25) is 0 Å². The van der Waals surface area contributed by atoms with Gasteiger partial charge in [-0.3, -0.25) is 0 Å². The molecule has 0 bridgehead atoms. The van der Waals surface area contributed by atoms with Crippen LogP contribution in [0.1, 0.15) is 17.7 Å². The van der Waals surface area contributed by atoms with Gasteiger partial charge in [0.05, 0.1) is 0 Å². The van der Waals surface area contributed by atoms with Gasteiger partial charge in [-0.15, -0.1) is 0 Å². The van der Waals surface area contributed by atoms with Crippen molar-refractivity contribution in [1.29, 1.82) is 5.26 Å². The van der Waals surface area contributed by atoms with Crippen LogP contribution in [-0.2, 0) is 6.42 Å². The van der Waals surface area contributed by atoms with Gasteiger partial charge < -0.3 is 10.6 Å². The van der Waals surface area contributed by atoms with Gasteiger partial charge >= 0.3 is 0 Å². The van der Waals surface area contributed by atoms with Gasteiger partial charge in [0, 0.05) is 30.7 Å². The number of rotatable bonds is 3. The van der Waals surface area contributed by atoms with Crippen molar-refractivity contribution >= 4 is 11.5 Å². The molecule has 5 heteroatoms. The second-order valence-corrected chi connectivity index (χ2v) is 4.78. The molecule has 1 atom stereocenters. The van der Waals surface area contributed by atoms with Crippen LogP contribution in [-0.4, -0.2) is 22.6 Å². The lowest BCUT2D eigenvalue weighted by Gasteiger charge is -2.27. The number of aromatic nitrogens is 2. The third kappa shape index (κ3) is 2.54. The Morgan fingerprint density at radius 1 is 1.30 bits per heavy atom. The Morgan fingerprint density at radius 2 is 2.15 bits per heavy atom. The van der Waals surface area contributed by atoms with E-state index in [1.54, 1.807) is 6.20 Å². The number of benzene rings is 1. The van der Waals surface area contributed by atoms with E-state index >= 15 is 0 Å². The number of nitrogens with zero attached hydrogens (tertiary/aromatic N) is 3. The molecule has 1 aromatic heterocycles. The van der Waals surface area contributed by atoms with Crippen LogP contribution in [0.25, 0.3) is 0 Å². The molecule has 0 amide bonds. The summed E-state index contributed by atoms with van der Waals surface area (Å²) < 4.78 is 0. The normalized spacial score (nSPS) is 16.6. The van der Waals surface area contributed by atoms with E-state index in [0.717, 1.165) is 19.4 Å². The first-order chi connectivity index (χ1) is 9.86. The highest BCUT2D eigenvalue weighted by Crippen LogP contribution is 2.24. The number of para-hydroxylation sites is 1. The van der Waals surface area contributed by atoms with Crippen molar-refractivity contribution in [2.24, 2.45) is 0 Å². The number of nitrogens with one attached hydrogen (secondary N) is 2. The number of anilines is 2. The fourth-order valence-corrected chi connectivity index (χ4v) is 2.42. The molecule has 0 spiro atoms. The van der Waals surface area contributed by atoms with E-state index in [4.69, 9.17) is 5.26 Å². The lowest BCUT2D eigenvalue weighted by molar-refractivity contribution is 0.653. The SMILES string of the molecule is N#Cc1nccnc1NC[C@H]1CCc2ccccc2N1.